The first-order valence-electron chi connectivity index (χ1n) is 23.0. The van der Waals surface area contributed by atoms with Crippen LogP contribution in [0.5, 0.6) is 0 Å². The summed E-state index contributed by atoms with van der Waals surface area (Å²) in [6, 6.07) is 6.48. The van der Waals surface area contributed by atoms with Gasteiger partial charge in [0.2, 0.25) is 0 Å². The Balaban J connectivity index is 1.03. The van der Waals surface area contributed by atoms with Gasteiger partial charge < -0.3 is 42.8 Å². The average Bonchev–Trinajstić information content (AvgIpc) is 3.83. The van der Waals surface area contributed by atoms with Crippen molar-refractivity contribution in [3.63, 3.8) is 0 Å². The number of rotatable bonds is 13. The fourth-order valence-corrected chi connectivity index (χ4v) is 11.6. The standard InChI is InChI=1S/C48H73N2O10/c1-9-33-15-13-16-41(60-43-20-19-40(30(3)56-43)49(5)21-14-24-50-22-11-10-12-23-50)29(2)44(52)39-27-37-35(38(39)28-42(51)58-33)18-17-32-25-34(26-36(32)37)59-48-47(55-8)46(54-7)45(53-6)31(4)57-48/h10-12,17-18,22-23,27,29-38,40-41,43,45-48H,9,13-16,19-21,24-26,28H2,1-8H3/q+1/t29-,30-,31+,32-,33+,34-,35-,36-,37-,38+,40+,41+,43+,45+,46-,47-,48+/m1/s1. The molecule has 12 nitrogen and oxygen atoms in total. The van der Waals surface area contributed by atoms with E-state index in [0.717, 1.165) is 70.0 Å². The Hall–Kier alpha value is -2.55. The first kappa shape index (κ1) is 45.5. The van der Waals surface area contributed by atoms with E-state index in [-0.39, 0.29) is 103 Å². The fraction of sp³-hybridized carbons (Fsp3) is 0.771. The highest BCUT2D eigenvalue weighted by atomic mass is 16.7. The van der Waals surface area contributed by atoms with E-state index in [1.54, 1.807) is 21.3 Å². The monoisotopic (exact) mass is 838 g/mol. The topological polar surface area (TPSA) is 115 Å². The second-order valence-electron chi connectivity index (χ2n) is 18.5. The number of cyclic esters (lactones) is 1. The van der Waals surface area contributed by atoms with Crippen molar-refractivity contribution in [2.45, 2.75) is 166 Å². The van der Waals surface area contributed by atoms with Gasteiger partial charge in [0, 0.05) is 64.3 Å². The van der Waals surface area contributed by atoms with Gasteiger partial charge in [-0.05, 0) is 102 Å². The predicted molar refractivity (Wildman–Crippen MR) is 224 cm³/mol. The maximum absolute atomic E-state index is 14.9. The Morgan fingerprint density at radius 1 is 0.833 bits per heavy atom. The molecule has 17 atom stereocenters. The number of Topliss-reactive ketones (excluding diaryl/α,β-unsaturated/α-hetero) is 1. The summed E-state index contributed by atoms with van der Waals surface area (Å²) in [4.78, 5) is 30.9. The van der Waals surface area contributed by atoms with Crippen molar-refractivity contribution in [2.24, 2.45) is 35.5 Å². The molecule has 3 saturated heterocycles. The lowest BCUT2D eigenvalue weighted by molar-refractivity contribution is -0.697. The molecule has 1 aromatic rings. The molecule has 3 aliphatic carbocycles. The minimum atomic E-state index is -0.601. The molecule has 0 spiro atoms. The number of allylic oxidation sites excluding steroid dienone is 4. The van der Waals surface area contributed by atoms with E-state index in [2.05, 4.69) is 73.1 Å². The Morgan fingerprint density at radius 2 is 1.60 bits per heavy atom. The van der Waals surface area contributed by atoms with Gasteiger partial charge in [-0.1, -0.05) is 38.1 Å². The van der Waals surface area contributed by atoms with Crippen LogP contribution < -0.4 is 4.57 Å². The van der Waals surface area contributed by atoms with Crippen LogP contribution in [0.15, 0.2) is 54.4 Å². The Bertz CT molecular complexity index is 1620. The number of methoxy groups -OCH3 is 3. The predicted octanol–water partition coefficient (Wildman–Crippen LogP) is 6.24. The van der Waals surface area contributed by atoms with Crippen molar-refractivity contribution >= 4 is 11.8 Å². The number of ether oxygens (including phenoxy) is 8. The summed E-state index contributed by atoms with van der Waals surface area (Å²) in [5, 5.41) is 0. The third-order valence-corrected chi connectivity index (χ3v) is 14.9. The summed E-state index contributed by atoms with van der Waals surface area (Å²) in [5.74, 6) is -0.0604. The number of carbonyl (C=O) groups excluding carboxylic acids is 2. The molecule has 0 N–H and O–H groups in total. The molecular formula is C48H73N2O10+. The van der Waals surface area contributed by atoms with Gasteiger partial charge in [-0.15, -0.1) is 0 Å². The number of nitrogens with zero attached hydrogens (tertiary/aromatic N) is 2. The van der Waals surface area contributed by atoms with Crippen LogP contribution >= 0.6 is 0 Å². The molecule has 1 aromatic heterocycles. The lowest BCUT2D eigenvalue weighted by atomic mass is 9.70. The molecule has 7 rings (SSSR count). The molecule has 6 aliphatic rings. The molecule has 0 amide bonds. The number of aryl methyl sites for hydroxylation is 1. The van der Waals surface area contributed by atoms with E-state index in [1.807, 2.05) is 19.9 Å². The Morgan fingerprint density at radius 3 is 2.32 bits per heavy atom. The SMILES string of the molecule is CC[C@H]1CCC[C@H](O[C@H]2CC[C@H](N(C)CCC[n+]3ccccc3)[C@@H](C)O2)[C@@H](C)C(=O)C2=C[C@@H]3[C@@H](C=C[C@@H]4C[C@@H](O[C@@H]5O[C@@H](C)[C@H](OC)[C@@H](OC)[C@H]5OC)C[C@@H]34)[C@@H]2CC(=O)O1. The number of hydrogen-bond donors (Lipinski definition) is 0. The van der Waals surface area contributed by atoms with Crippen LogP contribution in [-0.4, -0.2) is 119 Å². The van der Waals surface area contributed by atoms with Gasteiger partial charge in [0.15, 0.2) is 30.8 Å². The van der Waals surface area contributed by atoms with E-state index in [4.69, 9.17) is 37.9 Å². The molecule has 12 heteroatoms. The zero-order valence-electron chi connectivity index (χ0n) is 37.4. The zero-order valence-corrected chi connectivity index (χ0v) is 37.4. The summed E-state index contributed by atoms with van der Waals surface area (Å²) < 4.78 is 52.3. The summed E-state index contributed by atoms with van der Waals surface area (Å²) in [5.41, 5.74) is 0.761. The van der Waals surface area contributed by atoms with Crippen LogP contribution in [0.2, 0.25) is 0 Å². The van der Waals surface area contributed by atoms with Crippen LogP contribution in [0.1, 0.15) is 91.9 Å². The van der Waals surface area contributed by atoms with Crippen molar-refractivity contribution in [1.29, 1.82) is 0 Å². The minimum absolute atomic E-state index is 0.000372. The zero-order chi connectivity index (χ0) is 42.5. The summed E-state index contributed by atoms with van der Waals surface area (Å²) in [7, 11) is 7.18. The molecule has 4 fully saturated rings. The number of pyridine rings is 1. The van der Waals surface area contributed by atoms with E-state index < -0.39 is 12.4 Å². The Labute approximate surface area is 358 Å². The molecule has 3 aliphatic heterocycles. The van der Waals surface area contributed by atoms with Gasteiger partial charge in [0.05, 0.1) is 30.8 Å². The number of likely N-dealkylation sites (N-methyl/N-ethyl adjacent to an activating group) is 1. The van der Waals surface area contributed by atoms with Crippen LogP contribution in [-0.2, 0) is 54.0 Å². The molecule has 0 unspecified atom stereocenters. The third-order valence-electron chi connectivity index (χ3n) is 14.9. The van der Waals surface area contributed by atoms with E-state index in [0.29, 0.717) is 12.5 Å². The summed E-state index contributed by atoms with van der Waals surface area (Å²) in [6.07, 6.45) is 15.9. The van der Waals surface area contributed by atoms with Crippen molar-refractivity contribution in [1.82, 2.24) is 4.90 Å². The van der Waals surface area contributed by atoms with Crippen molar-refractivity contribution in [2.75, 3.05) is 34.9 Å². The first-order chi connectivity index (χ1) is 29.0. The summed E-state index contributed by atoms with van der Waals surface area (Å²) in [6.45, 7) is 10.2. The molecular weight excluding hydrogens is 765 g/mol. The van der Waals surface area contributed by atoms with Crippen LogP contribution in [0.25, 0.3) is 0 Å². The van der Waals surface area contributed by atoms with Gasteiger partial charge in [-0.2, -0.15) is 0 Å². The molecule has 0 radical (unpaired) electrons. The number of ketones is 1. The Kier molecular flexibility index (Phi) is 15.7. The van der Waals surface area contributed by atoms with Crippen molar-refractivity contribution in [3.05, 3.63) is 54.4 Å². The van der Waals surface area contributed by atoms with Gasteiger partial charge in [0.1, 0.15) is 31.0 Å². The maximum atomic E-state index is 14.9. The van der Waals surface area contributed by atoms with E-state index in [1.165, 1.54) is 0 Å². The molecule has 334 valence electrons. The second-order valence-corrected chi connectivity index (χ2v) is 18.5. The third kappa shape index (κ3) is 10.1. The van der Waals surface area contributed by atoms with Gasteiger partial charge >= 0.3 is 5.97 Å². The van der Waals surface area contributed by atoms with Crippen LogP contribution in [0, 0.1) is 35.5 Å². The highest BCUT2D eigenvalue weighted by Gasteiger charge is 2.53. The summed E-state index contributed by atoms with van der Waals surface area (Å²) >= 11 is 0. The number of carbonyl (C=O) groups is 2. The molecule has 4 heterocycles. The first-order valence-corrected chi connectivity index (χ1v) is 23.0. The lowest BCUT2D eigenvalue weighted by Gasteiger charge is -2.44. The second kappa shape index (κ2) is 20.8. The lowest BCUT2D eigenvalue weighted by Crippen LogP contribution is -2.59. The highest BCUT2D eigenvalue weighted by molar-refractivity contribution is 5.99. The maximum Gasteiger partial charge on any atom is 0.306 e. The quantitative estimate of drug-likeness (QED) is 0.128. The van der Waals surface area contributed by atoms with Crippen molar-refractivity contribution < 1.29 is 52.1 Å². The van der Waals surface area contributed by atoms with Gasteiger partial charge in [-0.25, -0.2) is 4.57 Å². The highest BCUT2D eigenvalue weighted by Crippen LogP contribution is 2.54. The smallest absolute Gasteiger partial charge is 0.306 e. The van der Waals surface area contributed by atoms with E-state index >= 15 is 0 Å². The van der Waals surface area contributed by atoms with Gasteiger partial charge in [0.25, 0.3) is 0 Å². The fourth-order valence-electron chi connectivity index (χ4n) is 11.6. The number of hydrogen-bond acceptors (Lipinski definition) is 11. The normalized spacial score (nSPS) is 41.1. The molecule has 0 aromatic carbocycles. The van der Waals surface area contributed by atoms with Gasteiger partial charge in [-0.3, -0.25) is 9.59 Å². The molecule has 1 saturated carbocycles. The number of fused-ring (bicyclic) bond motifs is 5. The number of aromatic nitrogens is 1. The average molecular weight is 838 g/mol. The molecule has 0 bridgehead atoms. The number of esters is 1. The van der Waals surface area contributed by atoms with Crippen LogP contribution in [0.3, 0.4) is 0 Å². The van der Waals surface area contributed by atoms with Crippen molar-refractivity contribution in [3.8, 4) is 0 Å². The molecule has 60 heavy (non-hydrogen) atoms. The van der Waals surface area contributed by atoms with Crippen LogP contribution in [0.4, 0.5) is 0 Å². The van der Waals surface area contributed by atoms with E-state index in [9.17, 15) is 9.59 Å². The largest absolute Gasteiger partial charge is 0.462 e. The minimum Gasteiger partial charge on any atom is -0.462 e.